The molecule has 0 aliphatic heterocycles. The number of pyridine rings is 1. The third-order valence-electron chi connectivity index (χ3n) is 2.35. The second-order valence-corrected chi connectivity index (χ2v) is 3.44. The maximum atomic E-state index is 5.69. The molecule has 16 heavy (non-hydrogen) atoms. The quantitative estimate of drug-likeness (QED) is 0.702. The van der Waals surface area contributed by atoms with Crippen molar-refractivity contribution in [1.82, 2.24) is 4.98 Å². The number of aromatic nitrogens is 1. The molecule has 1 aromatic rings. The molecule has 0 radical (unpaired) electrons. The molecule has 2 N–H and O–H groups in total. The Morgan fingerprint density at radius 1 is 1.62 bits per heavy atom. The third kappa shape index (κ3) is 3.32. The third-order valence-corrected chi connectivity index (χ3v) is 2.35. The van der Waals surface area contributed by atoms with E-state index in [4.69, 9.17) is 10.5 Å². The highest BCUT2D eigenvalue weighted by Gasteiger charge is 2.08. The topological polar surface area (TPSA) is 51.4 Å². The van der Waals surface area contributed by atoms with E-state index in [1.54, 1.807) is 19.5 Å². The number of nitrogens with two attached hydrogens (primary N) is 1. The molecule has 1 rings (SSSR count). The van der Waals surface area contributed by atoms with E-state index in [0.29, 0.717) is 13.2 Å². The molecule has 0 bridgehead atoms. The molecule has 0 saturated carbocycles. The Morgan fingerprint density at radius 2 is 2.44 bits per heavy atom. The lowest BCUT2D eigenvalue weighted by atomic mass is 10.2. The number of methoxy groups -OCH3 is 1. The van der Waals surface area contributed by atoms with Crippen molar-refractivity contribution in [2.45, 2.75) is 6.54 Å². The molecule has 0 spiro atoms. The van der Waals surface area contributed by atoms with Gasteiger partial charge in [0, 0.05) is 50.4 Å². The van der Waals surface area contributed by atoms with Crippen LogP contribution in [0.2, 0.25) is 0 Å². The fourth-order valence-electron chi connectivity index (χ4n) is 1.55. The molecule has 4 nitrogen and oxygen atoms in total. The number of rotatable bonds is 7. The van der Waals surface area contributed by atoms with E-state index < -0.39 is 0 Å². The van der Waals surface area contributed by atoms with Gasteiger partial charge in [-0.2, -0.15) is 0 Å². The summed E-state index contributed by atoms with van der Waals surface area (Å²) in [5.74, 6) is 0. The van der Waals surface area contributed by atoms with Crippen LogP contribution >= 0.6 is 0 Å². The van der Waals surface area contributed by atoms with Gasteiger partial charge in [-0.1, -0.05) is 6.08 Å². The van der Waals surface area contributed by atoms with Gasteiger partial charge in [0.05, 0.1) is 6.61 Å². The van der Waals surface area contributed by atoms with Gasteiger partial charge in [-0.05, 0) is 6.07 Å². The maximum Gasteiger partial charge on any atom is 0.0637 e. The Bertz CT molecular complexity index is 328. The SMILES string of the molecule is C=CCN(CCOC)c1ccncc1CN. The van der Waals surface area contributed by atoms with Crippen molar-refractivity contribution in [3.05, 3.63) is 36.7 Å². The van der Waals surface area contributed by atoms with Crippen molar-refractivity contribution < 1.29 is 4.74 Å². The summed E-state index contributed by atoms with van der Waals surface area (Å²) in [6.07, 6.45) is 5.45. The molecular weight excluding hydrogens is 202 g/mol. The molecule has 0 amide bonds. The zero-order chi connectivity index (χ0) is 11.8. The molecule has 0 aromatic carbocycles. The van der Waals surface area contributed by atoms with Gasteiger partial charge >= 0.3 is 0 Å². The van der Waals surface area contributed by atoms with E-state index >= 15 is 0 Å². The predicted molar refractivity (Wildman–Crippen MR) is 66.4 cm³/mol. The number of nitrogens with zero attached hydrogens (tertiary/aromatic N) is 2. The standard InChI is InChI=1S/C12H19N3O/c1-3-6-15(7-8-16-2)12-4-5-14-10-11(12)9-13/h3-5,10H,1,6-9,13H2,2H3. The van der Waals surface area contributed by atoms with Crippen LogP contribution in [0.5, 0.6) is 0 Å². The van der Waals surface area contributed by atoms with Gasteiger partial charge in [-0.25, -0.2) is 0 Å². The second kappa shape index (κ2) is 6.98. The van der Waals surface area contributed by atoms with Gasteiger partial charge in [0.15, 0.2) is 0 Å². The Kier molecular flexibility index (Phi) is 5.53. The lowest BCUT2D eigenvalue weighted by Gasteiger charge is -2.25. The summed E-state index contributed by atoms with van der Waals surface area (Å²) in [5.41, 5.74) is 7.84. The first-order valence-electron chi connectivity index (χ1n) is 5.31. The molecule has 0 aliphatic carbocycles. The van der Waals surface area contributed by atoms with E-state index in [0.717, 1.165) is 24.3 Å². The van der Waals surface area contributed by atoms with Gasteiger partial charge in [-0.15, -0.1) is 6.58 Å². The lowest BCUT2D eigenvalue weighted by molar-refractivity contribution is 0.205. The van der Waals surface area contributed by atoms with Gasteiger partial charge in [0.1, 0.15) is 0 Å². The maximum absolute atomic E-state index is 5.69. The van der Waals surface area contributed by atoms with Crippen LogP contribution in [0.3, 0.4) is 0 Å². The highest BCUT2D eigenvalue weighted by atomic mass is 16.5. The van der Waals surface area contributed by atoms with Gasteiger partial charge in [0.2, 0.25) is 0 Å². The van der Waals surface area contributed by atoms with E-state index in [-0.39, 0.29) is 0 Å². The van der Waals surface area contributed by atoms with E-state index in [2.05, 4.69) is 16.5 Å². The van der Waals surface area contributed by atoms with Gasteiger partial charge in [-0.3, -0.25) is 4.98 Å². The normalized spacial score (nSPS) is 10.1. The summed E-state index contributed by atoms with van der Waals surface area (Å²) in [5, 5.41) is 0. The van der Waals surface area contributed by atoms with Crippen LogP contribution in [0, 0.1) is 0 Å². The minimum atomic E-state index is 0.490. The monoisotopic (exact) mass is 221 g/mol. The summed E-state index contributed by atoms with van der Waals surface area (Å²) in [6, 6.07) is 1.97. The lowest BCUT2D eigenvalue weighted by Crippen LogP contribution is -2.28. The van der Waals surface area contributed by atoms with Gasteiger partial charge < -0.3 is 15.4 Å². The van der Waals surface area contributed by atoms with E-state index in [1.807, 2.05) is 12.1 Å². The minimum absolute atomic E-state index is 0.490. The molecule has 88 valence electrons. The average molecular weight is 221 g/mol. The first kappa shape index (κ1) is 12.7. The van der Waals surface area contributed by atoms with E-state index in [9.17, 15) is 0 Å². The molecular formula is C12H19N3O. The molecule has 4 heteroatoms. The first-order chi connectivity index (χ1) is 7.83. The fourth-order valence-corrected chi connectivity index (χ4v) is 1.55. The Hall–Kier alpha value is -1.39. The molecule has 0 unspecified atom stereocenters. The minimum Gasteiger partial charge on any atom is -0.383 e. The number of hydrogen-bond donors (Lipinski definition) is 1. The highest BCUT2D eigenvalue weighted by molar-refractivity contribution is 5.52. The van der Waals surface area contributed by atoms with Crippen molar-refractivity contribution >= 4 is 5.69 Å². The summed E-state index contributed by atoms with van der Waals surface area (Å²) >= 11 is 0. The molecule has 0 fully saturated rings. The van der Waals surface area contributed by atoms with Crippen molar-refractivity contribution in [2.75, 3.05) is 31.7 Å². The number of ether oxygens (including phenoxy) is 1. The molecule has 1 aromatic heterocycles. The summed E-state index contributed by atoms with van der Waals surface area (Å²) in [4.78, 5) is 6.26. The summed E-state index contributed by atoms with van der Waals surface area (Å²) in [7, 11) is 1.70. The van der Waals surface area contributed by atoms with Crippen LogP contribution in [-0.4, -0.2) is 31.8 Å². The van der Waals surface area contributed by atoms with Crippen molar-refractivity contribution in [3.63, 3.8) is 0 Å². The zero-order valence-corrected chi connectivity index (χ0v) is 9.72. The zero-order valence-electron chi connectivity index (χ0n) is 9.72. The average Bonchev–Trinajstić information content (AvgIpc) is 2.34. The van der Waals surface area contributed by atoms with Gasteiger partial charge in [0.25, 0.3) is 0 Å². The van der Waals surface area contributed by atoms with Crippen LogP contribution in [0.4, 0.5) is 5.69 Å². The summed E-state index contributed by atoms with van der Waals surface area (Å²) < 4.78 is 5.09. The van der Waals surface area contributed by atoms with Crippen LogP contribution in [0.1, 0.15) is 5.56 Å². The van der Waals surface area contributed by atoms with E-state index in [1.165, 1.54) is 0 Å². The Balaban J connectivity index is 2.85. The van der Waals surface area contributed by atoms with Crippen molar-refractivity contribution in [3.8, 4) is 0 Å². The molecule has 0 atom stereocenters. The molecule has 0 aliphatic rings. The van der Waals surface area contributed by atoms with Crippen molar-refractivity contribution in [2.24, 2.45) is 5.73 Å². The fraction of sp³-hybridized carbons (Fsp3) is 0.417. The predicted octanol–water partition coefficient (Wildman–Crippen LogP) is 1.18. The summed E-state index contributed by atoms with van der Waals surface area (Å²) in [6.45, 7) is 6.53. The largest absolute Gasteiger partial charge is 0.383 e. The first-order valence-corrected chi connectivity index (χ1v) is 5.31. The van der Waals surface area contributed by atoms with Crippen LogP contribution < -0.4 is 10.6 Å². The van der Waals surface area contributed by atoms with Crippen molar-refractivity contribution in [1.29, 1.82) is 0 Å². The highest BCUT2D eigenvalue weighted by Crippen LogP contribution is 2.18. The van der Waals surface area contributed by atoms with Crippen LogP contribution in [-0.2, 0) is 11.3 Å². The molecule has 0 saturated heterocycles. The smallest absolute Gasteiger partial charge is 0.0637 e. The Labute approximate surface area is 96.7 Å². The Morgan fingerprint density at radius 3 is 3.06 bits per heavy atom. The molecule has 1 heterocycles. The van der Waals surface area contributed by atoms with Crippen LogP contribution in [0.15, 0.2) is 31.1 Å². The second-order valence-electron chi connectivity index (χ2n) is 3.44. The van der Waals surface area contributed by atoms with Crippen LogP contribution in [0.25, 0.3) is 0 Å². The number of hydrogen-bond acceptors (Lipinski definition) is 4. The number of anilines is 1.